The summed E-state index contributed by atoms with van der Waals surface area (Å²) in [5, 5.41) is 9.27. The zero-order valence-electron chi connectivity index (χ0n) is 11.3. The zero-order valence-corrected chi connectivity index (χ0v) is 11.3. The molecule has 1 atom stereocenters. The van der Waals surface area contributed by atoms with E-state index in [1.54, 1.807) is 6.20 Å². The Morgan fingerprint density at radius 2 is 2.00 bits per heavy atom. The first-order valence-electron chi connectivity index (χ1n) is 6.34. The van der Waals surface area contributed by atoms with Crippen LogP contribution in [-0.4, -0.2) is 21.0 Å². The van der Waals surface area contributed by atoms with Crippen molar-refractivity contribution < 1.29 is 9.90 Å². The van der Waals surface area contributed by atoms with Crippen LogP contribution >= 0.6 is 0 Å². The summed E-state index contributed by atoms with van der Waals surface area (Å²) in [5.41, 5.74) is 3.04. The van der Waals surface area contributed by atoms with Gasteiger partial charge in [-0.2, -0.15) is 0 Å². The molecule has 0 radical (unpaired) electrons. The molecule has 0 spiro atoms. The summed E-state index contributed by atoms with van der Waals surface area (Å²) in [7, 11) is 0. The Morgan fingerprint density at radius 3 is 2.58 bits per heavy atom. The SMILES string of the molecule is Cc1ccccc1-c1cnc(C(C(=O)O)C(C)C)[nH]1. The van der Waals surface area contributed by atoms with Gasteiger partial charge in [-0.15, -0.1) is 0 Å². The molecule has 19 heavy (non-hydrogen) atoms. The Kier molecular flexibility index (Phi) is 3.69. The van der Waals surface area contributed by atoms with Crippen LogP contribution in [0.25, 0.3) is 11.3 Å². The minimum Gasteiger partial charge on any atom is -0.481 e. The maximum absolute atomic E-state index is 11.3. The van der Waals surface area contributed by atoms with E-state index in [0.29, 0.717) is 5.82 Å². The van der Waals surface area contributed by atoms with Crippen molar-refractivity contribution in [3.05, 3.63) is 41.9 Å². The highest BCUT2D eigenvalue weighted by atomic mass is 16.4. The van der Waals surface area contributed by atoms with Crippen molar-refractivity contribution in [3.8, 4) is 11.3 Å². The van der Waals surface area contributed by atoms with E-state index in [4.69, 9.17) is 0 Å². The number of aromatic amines is 1. The van der Waals surface area contributed by atoms with Crippen LogP contribution in [0.1, 0.15) is 31.2 Å². The molecular weight excluding hydrogens is 240 g/mol. The predicted molar refractivity (Wildman–Crippen MR) is 74.0 cm³/mol. The van der Waals surface area contributed by atoms with E-state index in [2.05, 4.69) is 9.97 Å². The molecule has 0 aliphatic carbocycles. The van der Waals surface area contributed by atoms with Crippen LogP contribution in [0.5, 0.6) is 0 Å². The molecule has 0 amide bonds. The number of H-pyrrole nitrogens is 1. The van der Waals surface area contributed by atoms with Crippen LogP contribution in [0.2, 0.25) is 0 Å². The van der Waals surface area contributed by atoms with Gasteiger partial charge in [-0.1, -0.05) is 38.1 Å². The molecule has 1 heterocycles. The van der Waals surface area contributed by atoms with Gasteiger partial charge in [0.05, 0.1) is 11.9 Å². The summed E-state index contributed by atoms with van der Waals surface area (Å²) in [5.74, 6) is -0.937. The first-order valence-corrected chi connectivity index (χ1v) is 6.34. The number of aryl methyl sites for hydroxylation is 1. The number of carboxylic acid groups (broad SMARTS) is 1. The maximum atomic E-state index is 11.3. The van der Waals surface area contributed by atoms with Gasteiger partial charge >= 0.3 is 5.97 Å². The van der Waals surface area contributed by atoms with Gasteiger partial charge in [0.25, 0.3) is 0 Å². The molecule has 0 aliphatic rings. The summed E-state index contributed by atoms with van der Waals surface area (Å²) < 4.78 is 0. The zero-order chi connectivity index (χ0) is 14.0. The molecule has 0 fully saturated rings. The van der Waals surface area contributed by atoms with Crippen molar-refractivity contribution in [2.45, 2.75) is 26.7 Å². The minimum atomic E-state index is -0.847. The van der Waals surface area contributed by atoms with Gasteiger partial charge in [0.2, 0.25) is 0 Å². The number of nitrogens with zero attached hydrogens (tertiary/aromatic N) is 1. The van der Waals surface area contributed by atoms with Gasteiger partial charge < -0.3 is 10.1 Å². The Balaban J connectivity index is 2.39. The van der Waals surface area contributed by atoms with Crippen LogP contribution < -0.4 is 0 Å². The monoisotopic (exact) mass is 258 g/mol. The first kappa shape index (κ1) is 13.3. The van der Waals surface area contributed by atoms with Gasteiger partial charge in [0.1, 0.15) is 11.7 Å². The van der Waals surface area contributed by atoms with Gasteiger partial charge in [-0.25, -0.2) is 4.98 Å². The summed E-state index contributed by atoms with van der Waals surface area (Å²) >= 11 is 0. The van der Waals surface area contributed by atoms with Crippen molar-refractivity contribution in [1.29, 1.82) is 0 Å². The highest BCUT2D eigenvalue weighted by Crippen LogP contribution is 2.26. The van der Waals surface area contributed by atoms with E-state index in [1.165, 1.54) is 0 Å². The molecule has 2 rings (SSSR count). The second kappa shape index (κ2) is 5.26. The average Bonchev–Trinajstić information content (AvgIpc) is 2.77. The Bertz CT molecular complexity index is 587. The second-order valence-electron chi connectivity index (χ2n) is 5.06. The van der Waals surface area contributed by atoms with Crippen molar-refractivity contribution in [3.63, 3.8) is 0 Å². The van der Waals surface area contributed by atoms with Crippen LogP contribution in [0.3, 0.4) is 0 Å². The molecule has 100 valence electrons. The van der Waals surface area contributed by atoms with E-state index in [9.17, 15) is 9.90 Å². The number of aromatic nitrogens is 2. The lowest BCUT2D eigenvalue weighted by Gasteiger charge is -2.13. The standard InChI is InChI=1S/C15H18N2O2/c1-9(2)13(15(18)19)14-16-8-12(17-14)11-7-5-4-6-10(11)3/h4-9,13H,1-3H3,(H,16,17)(H,18,19). The summed E-state index contributed by atoms with van der Waals surface area (Å²) in [6, 6.07) is 7.95. The third kappa shape index (κ3) is 2.67. The number of hydrogen-bond acceptors (Lipinski definition) is 2. The number of benzene rings is 1. The fourth-order valence-corrected chi connectivity index (χ4v) is 2.22. The Morgan fingerprint density at radius 1 is 1.32 bits per heavy atom. The van der Waals surface area contributed by atoms with Crippen molar-refractivity contribution >= 4 is 5.97 Å². The average molecular weight is 258 g/mol. The third-order valence-electron chi connectivity index (χ3n) is 3.26. The van der Waals surface area contributed by atoms with E-state index < -0.39 is 11.9 Å². The molecule has 1 aromatic heterocycles. The van der Waals surface area contributed by atoms with Crippen molar-refractivity contribution in [1.82, 2.24) is 9.97 Å². The molecular formula is C15H18N2O2. The van der Waals surface area contributed by atoms with E-state index in [-0.39, 0.29) is 5.92 Å². The van der Waals surface area contributed by atoms with E-state index in [0.717, 1.165) is 16.8 Å². The van der Waals surface area contributed by atoms with E-state index >= 15 is 0 Å². The fourth-order valence-electron chi connectivity index (χ4n) is 2.22. The molecule has 1 unspecified atom stereocenters. The number of carboxylic acids is 1. The second-order valence-corrected chi connectivity index (χ2v) is 5.06. The molecule has 0 aliphatic heterocycles. The maximum Gasteiger partial charge on any atom is 0.314 e. The number of rotatable bonds is 4. The van der Waals surface area contributed by atoms with Gasteiger partial charge in [0.15, 0.2) is 0 Å². The number of imidazole rings is 1. The van der Waals surface area contributed by atoms with Gasteiger partial charge in [-0.3, -0.25) is 4.79 Å². The third-order valence-corrected chi connectivity index (χ3v) is 3.26. The minimum absolute atomic E-state index is 0.00614. The number of carbonyl (C=O) groups is 1. The first-order chi connectivity index (χ1) is 9.00. The molecule has 4 nitrogen and oxygen atoms in total. The van der Waals surface area contributed by atoms with Crippen LogP contribution in [-0.2, 0) is 4.79 Å². The highest BCUT2D eigenvalue weighted by Gasteiger charge is 2.26. The smallest absolute Gasteiger partial charge is 0.314 e. The Hall–Kier alpha value is -2.10. The van der Waals surface area contributed by atoms with Crippen molar-refractivity contribution in [2.24, 2.45) is 5.92 Å². The predicted octanol–water partition coefficient (Wildman–Crippen LogP) is 3.21. The van der Waals surface area contributed by atoms with Crippen LogP contribution in [0, 0.1) is 12.8 Å². The summed E-state index contributed by atoms with van der Waals surface area (Å²) in [6.45, 7) is 5.79. The quantitative estimate of drug-likeness (QED) is 0.885. The lowest BCUT2D eigenvalue weighted by atomic mass is 9.95. The molecule has 2 aromatic rings. The van der Waals surface area contributed by atoms with Crippen LogP contribution in [0.15, 0.2) is 30.5 Å². The normalized spacial score (nSPS) is 12.6. The number of nitrogens with one attached hydrogen (secondary N) is 1. The largest absolute Gasteiger partial charge is 0.481 e. The van der Waals surface area contributed by atoms with Gasteiger partial charge in [-0.05, 0) is 18.4 Å². The molecule has 4 heteroatoms. The highest BCUT2D eigenvalue weighted by molar-refractivity contribution is 5.75. The topological polar surface area (TPSA) is 66.0 Å². The number of aliphatic carboxylic acids is 1. The number of hydrogen-bond donors (Lipinski definition) is 2. The molecule has 0 bridgehead atoms. The lowest BCUT2D eigenvalue weighted by Crippen LogP contribution is -2.18. The summed E-state index contributed by atoms with van der Waals surface area (Å²) in [6.07, 6.45) is 1.70. The molecule has 0 saturated heterocycles. The molecule has 0 saturated carbocycles. The van der Waals surface area contributed by atoms with Gasteiger partial charge in [0, 0.05) is 5.56 Å². The lowest BCUT2D eigenvalue weighted by molar-refractivity contribution is -0.140. The van der Waals surface area contributed by atoms with E-state index in [1.807, 2.05) is 45.0 Å². The summed E-state index contributed by atoms with van der Waals surface area (Å²) in [4.78, 5) is 18.7. The molecule has 2 N–H and O–H groups in total. The van der Waals surface area contributed by atoms with Crippen LogP contribution in [0.4, 0.5) is 0 Å². The van der Waals surface area contributed by atoms with Crippen molar-refractivity contribution in [2.75, 3.05) is 0 Å². The molecule has 1 aromatic carbocycles. The Labute approximate surface area is 112 Å². The fraction of sp³-hybridized carbons (Fsp3) is 0.333.